The fraction of sp³-hybridized carbons (Fsp3) is 0.308. The summed E-state index contributed by atoms with van der Waals surface area (Å²) in [5.41, 5.74) is 0.791. The lowest BCUT2D eigenvalue weighted by molar-refractivity contribution is -0.125. The summed E-state index contributed by atoms with van der Waals surface area (Å²) in [5.74, 6) is 1.00. The molecule has 21 heavy (non-hydrogen) atoms. The van der Waals surface area contributed by atoms with Crippen LogP contribution >= 0.6 is 34.7 Å². The lowest BCUT2D eigenvalue weighted by Gasteiger charge is -2.13. The zero-order valence-electron chi connectivity index (χ0n) is 10.9. The van der Waals surface area contributed by atoms with E-state index in [0.717, 1.165) is 16.0 Å². The van der Waals surface area contributed by atoms with Gasteiger partial charge >= 0.3 is 0 Å². The van der Waals surface area contributed by atoms with Crippen LogP contribution in [-0.2, 0) is 9.59 Å². The molecule has 3 rings (SSSR count). The first-order chi connectivity index (χ1) is 10.1. The molecule has 1 aliphatic heterocycles. The molecule has 0 radical (unpaired) electrons. The standard InChI is InChI=1S/C13H12ClN3O2S2/c14-7-1-2-8-10(5-7)21-13(16-8)17-12(19)9-6-20-4-3-11(18)15-9/h1-2,5,9H,3-4,6H2,(H,15,18)(H,16,17,19). The molecule has 1 saturated heterocycles. The number of halogens is 1. The molecule has 5 nitrogen and oxygen atoms in total. The van der Waals surface area contributed by atoms with Crippen molar-refractivity contribution in [2.45, 2.75) is 12.5 Å². The minimum absolute atomic E-state index is 0.0868. The predicted octanol–water partition coefficient (Wildman–Crippen LogP) is 2.51. The number of thioether (sulfide) groups is 1. The van der Waals surface area contributed by atoms with Crippen LogP contribution in [0.25, 0.3) is 10.2 Å². The second kappa shape index (κ2) is 6.21. The third-order valence-electron chi connectivity index (χ3n) is 2.99. The fourth-order valence-corrected chi connectivity index (χ4v) is 4.07. The Morgan fingerprint density at radius 2 is 2.33 bits per heavy atom. The van der Waals surface area contributed by atoms with E-state index in [1.807, 2.05) is 12.1 Å². The van der Waals surface area contributed by atoms with Gasteiger partial charge in [-0.25, -0.2) is 4.98 Å². The number of carbonyl (C=O) groups is 2. The summed E-state index contributed by atoms with van der Waals surface area (Å²) < 4.78 is 0.914. The van der Waals surface area contributed by atoms with Crippen molar-refractivity contribution in [1.29, 1.82) is 0 Å². The summed E-state index contributed by atoms with van der Waals surface area (Å²) in [7, 11) is 0. The lowest BCUT2D eigenvalue weighted by Crippen LogP contribution is -2.44. The quantitative estimate of drug-likeness (QED) is 0.880. The molecule has 2 heterocycles. The van der Waals surface area contributed by atoms with Crippen LogP contribution in [-0.4, -0.2) is 34.3 Å². The van der Waals surface area contributed by atoms with E-state index in [2.05, 4.69) is 15.6 Å². The Bertz CT molecular complexity index is 704. The van der Waals surface area contributed by atoms with Crippen molar-refractivity contribution in [3.05, 3.63) is 23.2 Å². The second-order valence-electron chi connectivity index (χ2n) is 4.57. The number of carbonyl (C=O) groups excluding carboxylic acids is 2. The van der Waals surface area contributed by atoms with Crippen LogP contribution in [0.4, 0.5) is 5.13 Å². The lowest BCUT2D eigenvalue weighted by atomic mass is 10.3. The zero-order valence-corrected chi connectivity index (χ0v) is 13.3. The van der Waals surface area contributed by atoms with Crippen LogP contribution in [0, 0.1) is 0 Å². The summed E-state index contributed by atoms with van der Waals surface area (Å²) in [5, 5.41) is 6.64. The third-order valence-corrected chi connectivity index (χ3v) is 5.22. The van der Waals surface area contributed by atoms with Crippen LogP contribution in [0.3, 0.4) is 0 Å². The molecule has 8 heteroatoms. The first kappa shape index (κ1) is 14.6. The molecule has 0 bridgehead atoms. The highest BCUT2D eigenvalue weighted by Crippen LogP contribution is 2.28. The molecule has 0 aliphatic carbocycles. The summed E-state index contributed by atoms with van der Waals surface area (Å²) >= 11 is 8.89. The average molecular weight is 342 g/mol. The maximum Gasteiger partial charge on any atom is 0.249 e. The number of thiazole rings is 1. The predicted molar refractivity (Wildman–Crippen MR) is 87.1 cm³/mol. The van der Waals surface area contributed by atoms with Gasteiger partial charge in [0, 0.05) is 22.9 Å². The number of hydrogen-bond donors (Lipinski definition) is 2. The summed E-state index contributed by atoms with van der Waals surface area (Å²) in [6.45, 7) is 0. The van der Waals surface area contributed by atoms with Gasteiger partial charge in [0.2, 0.25) is 11.8 Å². The minimum atomic E-state index is -0.513. The van der Waals surface area contributed by atoms with E-state index in [1.165, 1.54) is 11.3 Å². The molecule has 2 aromatic rings. The van der Waals surface area contributed by atoms with Gasteiger partial charge in [-0.2, -0.15) is 11.8 Å². The number of hydrogen-bond acceptors (Lipinski definition) is 5. The first-order valence-electron chi connectivity index (χ1n) is 6.36. The van der Waals surface area contributed by atoms with Crippen molar-refractivity contribution in [2.75, 3.05) is 16.8 Å². The number of nitrogens with zero attached hydrogens (tertiary/aromatic N) is 1. The number of nitrogens with one attached hydrogen (secondary N) is 2. The van der Waals surface area contributed by atoms with E-state index in [4.69, 9.17) is 11.6 Å². The van der Waals surface area contributed by atoms with Crippen LogP contribution in [0.1, 0.15) is 6.42 Å². The van der Waals surface area contributed by atoms with E-state index in [0.29, 0.717) is 22.3 Å². The molecule has 1 aliphatic rings. The minimum Gasteiger partial charge on any atom is -0.343 e. The van der Waals surface area contributed by atoms with Gasteiger partial charge in [0.15, 0.2) is 5.13 Å². The van der Waals surface area contributed by atoms with Gasteiger partial charge in [0.1, 0.15) is 6.04 Å². The highest BCUT2D eigenvalue weighted by atomic mass is 35.5. The monoisotopic (exact) mass is 341 g/mol. The van der Waals surface area contributed by atoms with Gasteiger partial charge < -0.3 is 10.6 Å². The van der Waals surface area contributed by atoms with Gasteiger partial charge in [-0.1, -0.05) is 22.9 Å². The van der Waals surface area contributed by atoms with E-state index in [-0.39, 0.29) is 11.8 Å². The summed E-state index contributed by atoms with van der Waals surface area (Å²) in [4.78, 5) is 28.0. The van der Waals surface area contributed by atoms with Crippen molar-refractivity contribution in [1.82, 2.24) is 10.3 Å². The number of aromatic nitrogens is 1. The van der Waals surface area contributed by atoms with E-state index in [9.17, 15) is 9.59 Å². The Balaban J connectivity index is 1.74. The number of amides is 2. The summed E-state index contributed by atoms with van der Waals surface area (Å²) in [6, 6.07) is 4.87. The molecule has 1 atom stereocenters. The molecular formula is C13H12ClN3O2S2. The van der Waals surface area contributed by atoms with Gasteiger partial charge in [0.05, 0.1) is 10.2 Å². The first-order valence-corrected chi connectivity index (χ1v) is 8.71. The number of anilines is 1. The van der Waals surface area contributed by atoms with Gasteiger partial charge in [-0.05, 0) is 18.2 Å². The Morgan fingerprint density at radius 3 is 3.19 bits per heavy atom. The average Bonchev–Trinajstić information content (AvgIpc) is 2.69. The van der Waals surface area contributed by atoms with Crippen molar-refractivity contribution >= 4 is 61.9 Å². The largest absolute Gasteiger partial charge is 0.343 e. The van der Waals surface area contributed by atoms with Gasteiger partial charge in [0.25, 0.3) is 0 Å². The SMILES string of the molecule is O=C1CCSCC(C(=O)Nc2nc3ccc(Cl)cc3s2)N1. The smallest absolute Gasteiger partial charge is 0.249 e. The van der Waals surface area contributed by atoms with Crippen molar-refractivity contribution in [3.8, 4) is 0 Å². The Hall–Kier alpha value is -1.31. The van der Waals surface area contributed by atoms with Crippen LogP contribution in [0.15, 0.2) is 18.2 Å². The molecule has 110 valence electrons. The normalized spacial score (nSPS) is 19.1. The Labute approximate surface area is 134 Å². The third kappa shape index (κ3) is 3.48. The molecule has 2 amide bonds. The Morgan fingerprint density at radius 1 is 1.48 bits per heavy atom. The van der Waals surface area contributed by atoms with Crippen molar-refractivity contribution < 1.29 is 9.59 Å². The molecule has 0 saturated carbocycles. The molecule has 1 fully saturated rings. The maximum atomic E-state index is 12.2. The topological polar surface area (TPSA) is 71.1 Å². The fourth-order valence-electron chi connectivity index (χ4n) is 1.96. The molecule has 1 aromatic carbocycles. The Kier molecular flexibility index (Phi) is 4.32. The zero-order chi connectivity index (χ0) is 14.8. The van der Waals surface area contributed by atoms with Gasteiger partial charge in [-0.3, -0.25) is 9.59 Å². The van der Waals surface area contributed by atoms with E-state index in [1.54, 1.807) is 17.8 Å². The maximum absolute atomic E-state index is 12.2. The van der Waals surface area contributed by atoms with E-state index < -0.39 is 6.04 Å². The van der Waals surface area contributed by atoms with Gasteiger partial charge in [-0.15, -0.1) is 0 Å². The molecular weight excluding hydrogens is 330 g/mol. The molecule has 2 N–H and O–H groups in total. The molecule has 0 spiro atoms. The highest BCUT2D eigenvalue weighted by Gasteiger charge is 2.24. The van der Waals surface area contributed by atoms with Crippen LogP contribution in [0.5, 0.6) is 0 Å². The van der Waals surface area contributed by atoms with Crippen molar-refractivity contribution in [2.24, 2.45) is 0 Å². The molecule has 1 unspecified atom stereocenters. The number of fused-ring (bicyclic) bond motifs is 1. The number of rotatable bonds is 2. The van der Waals surface area contributed by atoms with Crippen LogP contribution in [0.2, 0.25) is 5.02 Å². The van der Waals surface area contributed by atoms with Crippen molar-refractivity contribution in [3.63, 3.8) is 0 Å². The molecule has 1 aromatic heterocycles. The number of benzene rings is 1. The van der Waals surface area contributed by atoms with Crippen LogP contribution < -0.4 is 10.6 Å². The summed E-state index contributed by atoms with van der Waals surface area (Å²) in [6.07, 6.45) is 0.452. The van der Waals surface area contributed by atoms with E-state index >= 15 is 0 Å². The highest BCUT2D eigenvalue weighted by molar-refractivity contribution is 7.99. The second-order valence-corrected chi connectivity index (χ2v) is 7.18.